The van der Waals surface area contributed by atoms with Gasteiger partial charge in [0.05, 0.1) is 19.9 Å². The van der Waals surface area contributed by atoms with Gasteiger partial charge in [0.15, 0.2) is 5.75 Å². The first-order chi connectivity index (χ1) is 8.11. The third-order valence-corrected chi connectivity index (χ3v) is 2.40. The molecule has 0 amide bonds. The third-order valence-electron chi connectivity index (χ3n) is 2.40. The van der Waals surface area contributed by atoms with Crippen molar-refractivity contribution in [3.63, 3.8) is 0 Å². The molecule has 0 bridgehead atoms. The fraction of sp³-hybridized carbons (Fsp3) is 0.500. The number of nitrogens with zero attached hydrogens (tertiary/aromatic N) is 1. The molecule has 0 fully saturated rings. The lowest BCUT2D eigenvalue weighted by Gasteiger charge is -2.12. The zero-order valence-electron chi connectivity index (χ0n) is 10.3. The predicted octanol–water partition coefficient (Wildman–Crippen LogP) is 2.28. The molecule has 0 saturated heterocycles. The quantitative estimate of drug-likeness (QED) is 0.771. The minimum Gasteiger partial charge on any atom is -0.491 e. The molecule has 1 aromatic rings. The maximum Gasteiger partial charge on any atom is 0.340 e. The molecular weight excluding hydrogens is 222 g/mol. The normalized spacial score (nSPS) is 10.1. The molecule has 0 radical (unpaired) electrons. The Hall–Kier alpha value is -1.78. The van der Waals surface area contributed by atoms with Crippen LogP contribution >= 0.6 is 0 Å². The Balaban J connectivity index is 3.04. The van der Waals surface area contributed by atoms with Crippen molar-refractivity contribution in [1.29, 1.82) is 0 Å². The zero-order valence-corrected chi connectivity index (χ0v) is 10.3. The lowest BCUT2D eigenvalue weighted by molar-refractivity contribution is 0.0690. The Morgan fingerprint density at radius 3 is 2.76 bits per heavy atom. The topological polar surface area (TPSA) is 68.7 Å². The molecule has 1 N–H and O–H groups in total. The summed E-state index contributed by atoms with van der Waals surface area (Å²) in [5.74, 6) is -0.427. The van der Waals surface area contributed by atoms with Crippen LogP contribution in [0.3, 0.4) is 0 Å². The van der Waals surface area contributed by atoms with Crippen molar-refractivity contribution in [3.8, 4) is 11.6 Å². The fourth-order valence-electron chi connectivity index (χ4n) is 1.48. The molecule has 1 heterocycles. The second-order valence-electron chi connectivity index (χ2n) is 3.64. The molecule has 94 valence electrons. The second kappa shape index (κ2) is 6.08. The van der Waals surface area contributed by atoms with Crippen LogP contribution in [0.1, 0.15) is 35.7 Å². The van der Waals surface area contributed by atoms with Gasteiger partial charge in [0.1, 0.15) is 5.56 Å². The van der Waals surface area contributed by atoms with Gasteiger partial charge in [0.2, 0.25) is 5.88 Å². The fourth-order valence-corrected chi connectivity index (χ4v) is 1.48. The first-order valence-corrected chi connectivity index (χ1v) is 5.51. The summed E-state index contributed by atoms with van der Waals surface area (Å²) >= 11 is 0. The van der Waals surface area contributed by atoms with Crippen molar-refractivity contribution >= 4 is 5.97 Å². The van der Waals surface area contributed by atoms with Gasteiger partial charge in [-0.15, -0.1) is 0 Å². The summed E-state index contributed by atoms with van der Waals surface area (Å²) in [5, 5.41) is 9.16. The molecule has 1 rings (SSSR count). The van der Waals surface area contributed by atoms with E-state index >= 15 is 0 Å². The molecule has 0 atom stereocenters. The summed E-state index contributed by atoms with van der Waals surface area (Å²) in [6.45, 7) is 4.19. The Bertz CT molecular complexity index is 404. The average molecular weight is 239 g/mol. The van der Waals surface area contributed by atoms with E-state index in [-0.39, 0.29) is 5.56 Å². The number of hydrogen-bond donors (Lipinski definition) is 1. The maximum atomic E-state index is 11.2. The lowest BCUT2D eigenvalue weighted by atomic mass is 10.1. The van der Waals surface area contributed by atoms with E-state index < -0.39 is 5.97 Å². The summed E-state index contributed by atoms with van der Waals surface area (Å²) in [6.07, 6.45) is 3.26. The maximum absolute atomic E-state index is 11.2. The van der Waals surface area contributed by atoms with Crippen LogP contribution in [0.15, 0.2) is 6.20 Å². The highest BCUT2D eigenvalue weighted by atomic mass is 16.5. The molecular formula is C12H17NO4. The van der Waals surface area contributed by atoms with Crippen LogP contribution in [0, 0.1) is 6.92 Å². The molecule has 17 heavy (non-hydrogen) atoms. The summed E-state index contributed by atoms with van der Waals surface area (Å²) in [5.41, 5.74) is 0.599. The van der Waals surface area contributed by atoms with Gasteiger partial charge in [-0.25, -0.2) is 9.78 Å². The molecule has 0 aliphatic heterocycles. The number of unbranched alkanes of at least 4 members (excludes halogenated alkanes) is 1. The first kappa shape index (κ1) is 13.3. The summed E-state index contributed by atoms with van der Waals surface area (Å²) in [6, 6.07) is 0. The monoisotopic (exact) mass is 239 g/mol. The van der Waals surface area contributed by atoms with Gasteiger partial charge in [-0.05, 0) is 13.3 Å². The molecule has 0 spiro atoms. The van der Waals surface area contributed by atoms with Crippen LogP contribution in [0.4, 0.5) is 0 Å². The number of carboxylic acids is 1. The van der Waals surface area contributed by atoms with E-state index in [0.29, 0.717) is 23.8 Å². The predicted molar refractivity (Wildman–Crippen MR) is 62.9 cm³/mol. The Kier molecular flexibility index (Phi) is 4.75. The Morgan fingerprint density at radius 2 is 2.24 bits per heavy atom. The van der Waals surface area contributed by atoms with Gasteiger partial charge in [-0.3, -0.25) is 0 Å². The zero-order chi connectivity index (χ0) is 12.8. The number of hydrogen-bond acceptors (Lipinski definition) is 4. The van der Waals surface area contributed by atoms with Crippen molar-refractivity contribution in [2.75, 3.05) is 13.7 Å². The number of methoxy groups -OCH3 is 1. The molecule has 0 aromatic carbocycles. The SMILES string of the molecule is CCCCOc1cnc(OC)c(C)c1C(=O)O. The number of pyridine rings is 1. The smallest absolute Gasteiger partial charge is 0.340 e. The second-order valence-corrected chi connectivity index (χ2v) is 3.64. The van der Waals surface area contributed by atoms with Crippen LogP contribution in [0.2, 0.25) is 0 Å². The van der Waals surface area contributed by atoms with Crippen LogP contribution in [0.25, 0.3) is 0 Å². The van der Waals surface area contributed by atoms with E-state index in [1.807, 2.05) is 6.92 Å². The van der Waals surface area contributed by atoms with Gasteiger partial charge < -0.3 is 14.6 Å². The van der Waals surface area contributed by atoms with E-state index in [4.69, 9.17) is 14.6 Å². The first-order valence-electron chi connectivity index (χ1n) is 5.51. The molecule has 5 nitrogen and oxygen atoms in total. The van der Waals surface area contributed by atoms with Crippen LogP contribution in [-0.2, 0) is 0 Å². The van der Waals surface area contributed by atoms with Crippen molar-refractivity contribution < 1.29 is 19.4 Å². The highest BCUT2D eigenvalue weighted by Crippen LogP contribution is 2.27. The van der Waals surface area contributed by atoms with Crippen molar-refractivity contribution in [2.24, 2.45) is 0 Å². The van der Waals surface area contributed by atoms with E-state index in [1.54, 1.807) is 6.92 Å². The van der Waals surface area contributed by atoms with Crippen LogP contribution in [-0.4, -0.2) is 29.8 Å². The lowest BCUT2D eigenvalue weighted by Crippen LogP contribution is -2.08. The third kappa shape index (κ3) is 3.09. The van der Waals surface area contributed by atoms with E-state index in [2.05, 4.69) is 4.98 Å². The Labute approximate surface area is 100 Å². The number of aromatic carboxylic acids is 1. The van der Waals surface area contributed by atoms with Crippen molar-refractivity contribution in [2.45, 2.75) is 26.7 Å². The molecule has 0 aliphatic rings. The van der Waals surface area contributed by atoms with Crippen LogP contribution < -0.4 is 9.47 Å². The number of rotatable bonds is 6. The van der Waals surface area contributed by atoms with Crippen molar-refractivity contribution in [3.05, 3.63) is 17.3 Å². The number of aromatic nitrogens is 1. The average Bonchev–Trinajstić information content (AvgIpc) is 2.29. The highest BCUT2D eigenvalue weighted by molar-refractivity contribution is 5.93. The van der Waals surface area contributed by atoms with Gasteiger partial charge >= 0.3 is 5.97 Å². The van der Waals surface area contributed by atoms with E-state index in [1.165, 1.54) is 13.3 Å². The van der Waals surface area contributed by atoms with Gasteiger partial charge in [0.25, 0.3) is 0 Å². The highest BCUT2D eigenvalue weighted by Gasteiger charge is 2.19. The minimum absolute atomic E-state index is 0.118. The van der Waals surface area contributed by atoms with Gasteiger partial charge in [-0.2, -0.15) is 0 Å². The molecule has 5 heteroatoms. The summed E-state index contributed by atoms with van der Waals surface area (Å²) in [7, 11) is 1.46. The van der Waals surface area contributed by atoms with Gasteiger partial charge in [0, 0.05) is 5.56 Å². The van der Waals surface area contributed by atoms with Crippen LogP contribution in [0.5, 0.6) is 11.6 Å². The number of carbonyl (C=O) groups is 1. The number of carboxylic acid groups (broad SMARTS) is 1. The standard InChI is InChI=1S/C12H17NO4/c1-4-5-6-17-9-7-13-11(16-3)8(2)10(9)12(14)15/h7H,4-6H2,1-3H3,(H,14,15). The van der Waals surface area contributed by atoms with Gasteiger partial charge in [-0.1, -0.05) is 13.3 Å². The molecule has 0 unspecified atom stereocenters. The number of ether oxygens (including phenoxy) is 2. The Morgan fingerprint density at radius 1 is 1.53 bits per heavy atom. The van der Waals surface area contributed by atoms with E-state index in [9.17, 15) is 4.79 Å². The molecule has 0 saturated carbocycles. The molecule has 0 aliphatic carbocycles. The largest absolute Gasteiger partial charge is 0.491 e. The van der Waals surface area contributed by atoms with Crippen molar-refractivity contribution in [1.82, 2.24) is 4.98 Å². The molecule has 1 aromatic heterocycles. The van der Waals surface area contributed by atoms with E-state index in [0.717, 1.165) is 12.8 Å². The summed E-state index contributed by atoms with van der Waals surface area (Å²) in [4.78, 5) is 15.2. The minimum atomic E-state index is -1.03. The summed E-state index contributed by atoms with van der Waals surface area (Å²) < 4.78 is 10.4.